The van der Waals surface area contributed by atoms with Crippen molar-refractivity contribution in [2.75, 3.05) is 13.7 Å². The molecule has 3 aromatic rings. The van der Waals surface area contributed by atoms with E-state index in [0.29, 0.717) is 0 Å². The minimum Gasteiger partial charge on any atom is -0.506 e. The van der Waals surface area contributed by atoms with Crippen molar-refractivity contribution in [3.63, 3.8) is 0 Å². The van der Waals surface area contributed by atoms with Crippen LogP contribution in [0.2, 0.25) is 0 Å². The molecule has 1 saturated heterocycles. The Labute approximate surface area is 195 Å². The van der Waals surface area contributed by atoms with Crippen LogP contribution in [0.1, 0.15) is 11.7 Å². The van der Waals surface area contributed by atoms with E-state index in [4.69, 9.17) is 13.9 Å². The molecule has 13 nitrogen and oxygen atoms in total. The number of ether oxygens (including phenoxy) is 2. The van der Waals surface area contributed by atoms with E-state index in [2.05, 4.69) is 0 Å². The Hall–Kier alpha value is -3.75. The summed E-state index contributed by atoms with van der Waals surface area (Å²) in [6, 6.07) is 3.65. The zero-order chi connectivity index (χ0) is 25.8. The maximum atomic E-state index is 13.1. The lowest BCUT2D eigenvalue weighted by atomic mass is 9.89. The number of para-hydroxylation sites is 1. The molecule has 0 radical (unpaired) electrons. The van der Waals surface area contributed by atoms with Crippen molar-refractivity contribution in [1.82, 2.24) is 0 Å². The van der Waals surface area contributed by atoms with Crippen LogP contribution in [0.25, 0.3) is 22.3 Å². The molecule has 1 fully saturated rings. The number of aliphatic hydroxyl groups excluding tert-OH is 4. The van der Waals surface area contributed by atoms with E-state index < -0.39 is 99.3 Å². The first-order chi connectivity index (χ1) is 16.5. The molecule has 0 spiro atoms. The quantitative estimate of drug-likeness (QED) is 0.209. The fourth-order valence-corrected chi connectivity index (χ4v) is 4.07. The Kier molecular flexibility index (Phi) is 6.12. The lowest BCUT2D eigenvalue weighted by Crippen LogP contribution is -2.55. The Balaban J connectivity index is 2.03. The van der Waals surface area contributed by atoms with Gasteiger partial charge >= 0.3 is 0 Å². The van der Waals surface area contributed by atoms with Crippen molar-refractivity contribution in [3.05, 3.63) is 34.0 Å². The number of rotatable bonds is 4. The van der Waals surface area contributed by atoms with Gasteiger partial charge in [0, 0.05) is 0 Å². The van der Waals surface area contributed by atoms with Crippen LogP contribution in [-0.4, -0.2) is 84.1 Å². The largest absolute Gasteiger partial charge is 0.506 e. The Bertz CT molecular complexity index is 1350. The average Bonchev–Trinajstić information content (AvgIpc) is 2.83. The van der Waals surface area contributed by atoms with Crippen molar-refractivity contribution in [2.24, 2.45) is 0 Å². The van der Waals surface area contributed by atoms with Crippen molar-refractivity contribution in [1.29, 1.82) is 0 Å². The second kappa shape index (κ2) is 8.79. The predicted molar refractivity (Wildman–Crippen MR) is 116 cm³/mol. The number of fused-ring (bicyclic) bond motifs is 1. The highest BCUT2D eigenvalue weighted by molar-refractivity contribution is 5.95. The van der Waals surface area contributed by atoms with Crippen LogP contribution < -0.4 is 10.2 Å². The molecule has 35 heavy (non-hydrogen) atoms. The van der Waals surface area contributed by atoms with Crippen molar-refractivity contribution < 1.29 is 59.8 Å². The van der Waals surface area contributed by atoms with Crippen LogP contribution in [0.5, 0.6) is 34.5 Å². The summed E-state index contributed by atoms with van der Waals surface area (Å²) in [5, 5.41) is 91.5. The first kappa shape index (κ1) is 24.4. The number of hydrogen-bond donors (Lipinski definition) is 9. The van der Waals surface area contributed by atoms with Crippen molar-refractivity contribution >= 4 is 11.0 Å². The molecule has 0 aliphatic carbocycles. The van der Waals surface area contributed by atoms with Gasteiger partial charge in [0.2, 0.25) is 16.9 Å². The van der Waals surface area contributed by atoms with Crippen LogP contribution in [0.4, 0.5) is 0 Å². The third kappa shape index (κ3) is 3.57. The summed E-state index contributed by atoms with van der Waals surface area (Å²) >= 11 is 0. The number of aromatic hydroxyl groups is 5. The SMILES string of the molecule is COc1c(O)c([C@@H]2O[C@H](CO)[C@@H](O)[C@H](O)[C@H]2O)c(O)c2c(=O)c(O)c(-c3cccc(O)c3O)oc12. The monoisotopic (exact) mass is 494 g/mol. The minimum atomic E-state index is -1.93. The number of phenols is 4. The second-order valence-electron chi connectivity index (χ2n) is 7.88. The molecule has 9 N–H and O–H groups in total. The summed E-state index contributed by atoms with van der Waals surface area (Å²) in [5.41, 5.74) is -2.76. The van der Waals surface area contributed by atoms with Gasteiger partial charge in [0.25, 0.3) is 0 Å². The van der Waals surface area contributed by atoms with E-state index >= 15 is 0 Å². The molecule has 4 rings (SSSR count). The third-order valence-electron chi connectivity index (χ3n) is 5.90. The van der Waals surface area contributed by atoms with Gasteiger partial charge in [0.15, 0.2) is 28.6 Å². The highest BCUT2D eigenvalue weighted by Gasteiger charge is 2.47. The normalized spacial score (nSPS) is 24.5. The van der Waals surface area contributed by atoms with Gasteiger partial charge in [-0.1, -0.05) is 6.07 Å². The molecule has 5 atom stereocenters. The number of hydrogen-bond acceptors (Lipinski definition) is 13. The summed E-state index contributed by atoms with van der Waals surface area (Å²) in [4.78, 5) is 13.1. The number of benzene rings is 2. The summed E-state index contributed by atoms with van der Waals surface area (Å²) < 4.78 is 16.0. The standard InChI is InChI=1S/C22H22O13/c1-33-22-15(29)10(20-18(32)16(30)12(26)8(5-23)34-20)13(27)9-14(28)17(31)19(35-21(9)22)6-3-2-4-7(24)11(6)25/h2-4,8,12,16,18,20,23-27,29-32H,5H2,1H3/t8-,12-,16+,18-,20+/m1/s1. The summed E-state index contributed by atoms with van der Waals surface area (Å²) in [6.07, 6.45) is -8.70. The van der Waals surface area contributed by atoms with Gasteiger partial charge in [-0.3, -0.25) is 4.79 Å². The molecule has 2 aromatic carbocycles. The molecule has 2 heterocycles. The van der Waals surface area contributed by atoms with E-state index in [9.17, 15) is 50.8 Å². The molecular formula is C22H22O13. The van der Waals surface area contributed by atoms with Gasteiger partial charge in [-0.15, -0.1) is 0 Å². The van der Waals surface area contributed by atoms with E-state index in [-0.39, 0.29) is 5.56 Å². The maximum absolute atomic E-state index is 13.1. The first-order valence-corrected chi connectivity index (χ1v) is 10.2. The van der Waals surface area contributed by atoms with Gasteiger partial charge in [-0.2, -0.15) is 0 Å². The Morgan fingerprint density at radius 3 is 2.23 bits per heavy atom. The molecular weight excluding hydrogens is 472 g/mol. The number of phenolic OH excluding ortho intramolecular Hbond substituents is 4. The van der Waals surface area contributed by atoms with Crippen molar-refractivity contribution in [2.45, 2.75) is 30.5 Å². The molecule has 1 aliphatic heterocycles. The molecule has 0 bridgehead atoms. The van der Waals surface area contributed by atoms with E-state index in [1.54, 1.807) is 0 Å². The van der Waals surface area contributed by atoms with E-state index in [1.165, 1.54) is 12.1 Å². The van der Waals surface area contributed by atoms with E-state index in [1.807, 2.05) is 0 Å². The molecule has 1 aromatic heterocycles. The Morgan fingerprint density at radius 2 is 1.60 bits per heavy atom. The molecule has 13 heteroatoms. The fourth-order valence-electron chi connectivity index (χ4n) is 4.07. The first-order valence-electron chi connectivity index (χ1n) is 10.2. The second-order valence-corrected chi connectivity index (χ2v) is 7.88. The smallest absolute Gasteiger partial charge is 0.238 e. The van der Waals surface area contributed by atoms with E-state index in [0.717, 1.165) is 13.2 Å². The molecule has 0 unspecified atom stereocenters. The summed E-state index contributed by atoms with van der Waals surface area (Å²) in [5.74, 6) is -5.46. The highest BCUT2D eigenvalue weighted by Crippen LogP contribution is 2.51. The Morgan fingerprint density at radius 1 is 0.914 bits per heavy atom. The van der Waals surface area contributed by atoms with Crippen LogP contribution in [0, 0.1) is 0 Å². The maximum Gasteiger partial charge on any atom is 0.238 e. The number of methoxy groups -OCH3 is 1. The topological polar surface area (TPSA) is 231 Å². The minimum absolute atomic E-state index is 0.291. The van der Waals surface area contributed by atoms with Crippen molar-refractivity contribution in [3.8, 4) is 45.8 Å². The zero-order valence-corrected chi connectivity index (χ0v) is 18.0. The van der Waals surface area contributed by atoms with Gasteiger partial charge in [-0.25, -0.2) is 0 Å². The molecule has 0 amide bonds. The fraction of sp³-hybridized carbons (Fsp3) is 0.318. The highest BCUT2D eigenvalue weighted by atomic mass is 16.5. The van der Waals surface area contributed by atoms with Crippen LogP contribution >= 0.6 is 0 Å². The van der Waals surface area contributed by atoms with Crippen LogP contribution in [0.15, 0.2) is 27.4 Å². The lowest BCUT2D eigenvalue weighted by molar-refractivity contribution is -0.232. The molecule has 188 valence electrons. The summed E-state index contributed by atoms with van der Waals surface area (Å²) in [7, 11) is 1.07. The van der Waals surface area contributed by atoms with Gasteiger partial charge in [-0.05, 0) is 12.1 Å². The average molecular weight is 494 g/mol. The van der Waals surface area contributed by atoms with Crippen LogP contribution in [0.3, 0.4) is 0 Å². The molecule has 0 saturated carbocycles. The van der Waals surface area contributed by atoms with Gasteiger partial charge < -0.3 is 59.8 Å². The van der Waals surface area contributed by atoms with Crippen LogP contribution in [-0.2, 0) is 4.74 Å². The molecule has 1 aliphatic rings. The van der Waals surface area contributed by atoms with Gasteiger partial charge in [0.1, 0.15) is 41.7 Å². The van der Waals surface area contributed by atoms with Gasteiger partial charge in [0.05, 0.1) is 24.8 Å². The summed E-state index contributed by atoms with van der Waals surface area (Å²) in [6.45, 7) is -0.798. The lowest BCUT2D eigenvalue weighted by Gasteiger charge is -2.40. The predicted octanol–water partition coefficient (Wildman–Crippen LogP) is -0.488. The zero-order valence-electron chi connectivity index (χ0n) is 18.0. The number of aliphatic hydroxyl groups is 4. The third-order valence-corrected chi connectivity index (χ3v) is 5.90.